The highest BCUT2D eigenvalue weighted by Gasteiger charge is 2.48. The Hall–Kier alpha value is -4.04. The molecule has 2 saturated carbocycles. The molecule has 14 heteroatoms. The molecule has 1 aromatic heterocycles. The second-order valence-corrected chi connectivity index (χ2v) is 15.2. The third-order valence-corrected chi connectivity index (χ3v) is 10.2. The summed E-state index contributed by atoms with van der Waals surface area (Å²) in [6.07, 6.45) is 5.70. The van der Waals surface area contributed by atoms with Crippen LogP contribution >= 0.6 is 24.0 Å². The fourth-order valence-electron chi connectivity index (χ4n) is 6.69. The molecule has 1 aromatic carbocycles. The molecule has 2 aromatic rings. The number of carbonyl (C=O) groups is 4. The van der Waals surface area contributed by atoms with Gasteiger partial charge in [-0.1, -0.05) is 30.4 Å². The molecule has 0 radical (unpaired) electrons. The van der Waals surface area contributed by atoms with Crippen LogP contribution in [0.4, 0.5) is 4.79 Å². The maximum Gasteiger partial charge on any atom is 0.408 e. The molecule has 2 bridgehead atoms. The van der Waals surface area contributed by atoms with Gasteiger partial charge in [0.2, 0.25) is 5.91 Å². The number of fused-ring (bicyclic) bond motifs is 2. The molecular formula is C35H43N3O9S2. The molecule has 1 unspecified atom stereocenters. The third-order valence-electron chi connectivity index (χ3n) is 8.85. The zero-order valence-electron chi connectivity index (χ0n) is 28.4. The summed E-state index contributed by atoms with van der Waals surface area (Å²) in [5, 5.41) is 2.36. The van der Waals surface area contributed by atoms with Crippen LogP contribution in [0, 0.1) is 11.8 Å². The number of benzene rings is 1. The number of esters is 1. The van der Waals surface area contributed by atoms with E-state index in [2.05, 4.69) is 5.32 Å². The standard InChI is InChI=1S/C35H43N3O9S2/c1-35(2,3)47-33(42)37-24(17-30(36)39)32(41)45-12-6-7-21-15-28(23-11-10-22(43-4)16-27(23)44-5)46-26(21)18-29-31(40)38(34(48)49-29)25-14-19-8-9-20(25)13-19/h10-11,15-16,18-20,24-25H,6-9,12-14,17H2,1-5H3,(H2,36,39)(H,37,42)/b29-18-/t19-,20-,24?,25-/m0/s1. The van der Waals surface area contributed by atoms with Crippen molar-refractivity contribution in [3.8, 4) is 22.8 Å². The molecule has 49 heavy (non-hydrogen) atoms. The molecule has 2 aliphatic carbocycles. The normalized spacial score (nSPS) is 21.6. The van der Waals surface area contributed by atoms with E-state index >= 15 is 0 Å². The predicted molar refractivity (Wildman–Crippen MR) is 188 cm³/mol. The first-order valence-corrected chi connectivity index (χ1v) is 17.6. The number of nitrogens with zero attached hydrogens (tertiary/aromatic N) is 1. The molecule has 12 nitrogen and oxygen atoms in total. The van der Waals surface area contributed by atoms with Crippen LogP contribution in [-0.4, -0.2) is 71.6 Å². The molecule has 0 spiro atoms. The summed E-state index contributed by atoms with van der Waals surface area (Å²) < 4.78 is 28.5. The molecule has 1 aliphatic heterocycles. The number of hydrogen-bond donors (Lipinski definition) is 2. The Labute approximate surface area is 295 Å². The first-order chi connectivity index (χ1) is 23.3. The lowest BCUT2D eigenvalue weighted by Gasteiger charge is -2.30. The number of primary amides is 1. The number of methoxy groups -OCH3 is 2. The number of ether oxygens (including phenoxy) is 4. The number of amides is 3. The lowest BCUT2D eigenvalue weighted by Crippen LogP contribution is -2.46. The number of furan rings is 1. The van der Waals surface area contributed by atoms with E-state index in [0.29, 0.717) is 62.5 Å². The zero-order chi connectivity index (χ0) is 35.5. The van der Waals surface area contributed by atoms with Crippen molar-refractivity contribution in [2.24, 2.45) is 17.6 Å². The Balaban J connectivity index is 1.33. The van der Waals surface area contributed by atoms with Crippen molar-refractivity contribution in [1.29, 1.82) is 0 Å². The summed E-state index contributed by atoms with van der Waals surface area (Å²) in [6, 6.07) is 6.09. The summed E-state index contributed by atoms with van der Waals surface area (Å²) in [4.78, 5) is 52.7. The van der Waals surface area contributed by atoms with E-state index in [1.807, 2.05) is 12.1 Å². The molecular weight excluding hydrogens is 671 g/mol. The molecule has 3 fully saturated rings. The van der Waals surface area contributed by atoms with Crippen LogP contribution in [0.15, 0.2) is 33.6 Å². The van der Waals surface area contributed by atoms with E-state index in [1.165, 1.54) is 18.2 Å². The highest BCUT2D eigenvalue weighted by Crippen LogP contribution is 2.49. The molecule has 3 amide bonds. The van der Waals surface area contributed by atoms with Crippen LogP contribution in [-0.2, 0) is 30.3 Å². The van der Waals surface area contributed by atoms with E-state index < -0.39 is 36.0 Å². The van der Waals surface area contributed by atoms with E-state index in [-0.39, 0.29) is 18.6 Å². The lowest BCUT2D eigenvalue weighted by molar-refractivity contribution is -0.147. The quantitative estimate of drug-likeness (QED) is 0.115. The van der Waals surface area contributed by atoms with Gasteiger partial charge in [-0.05, 0) is 88.5 Å². The number of thioether (sulfide) groups is 1. The summed E-state index contributed by atoms with van der Waals surface area (Å²) >= 11 is 6.98. The van der Waals surface area contributed by atoms with E-state index in [4.69, 9.17) is 41.3 Å². The van der Waals surface area contributed by atoms with Crippen LogP contribution in [0.3, 0.4) is 0 Å². The van der Waals surface area contributed by atoms with Crippen LogP contribution in [0.2, 0.25) is 0 Å². The van der Waals surface area contributed by atoms with Gasteiger partial charge in [0, 0.05) is 18.2 Å². The predicted octanol–water partition coefficient (Wildman–Crippen LogP) is 5.60. The number of aryl methyl sites for hydroxylation is 1. The Morgan fingerprint density at radius 1 is 1.16 bits per heavy atom. The van der Waals surface area contributed by atoms with Crippen LogP contribution in [0.1, 0.15) is 70.6 Å². The molecule has 264 valence electrons. The van der Waals surface area contributed by atoms with Crippen molar-refractivity contribution in [2.75, 3.05) is 20.8 Å². The second kappa shape index (κ2) is 15.2. The highest BCUT2D eigenvalue weighted by atomic mass is 32.2. The van der Waals surface area contributed by atoms with Crippen molar-refractivity contribution in [2.45, 2.75) is 83.4 Å². The van der Waals surface area contributed by atoms with Crippen molar-refractivity contribution < 1.29 is 42.5 Å². The van der Waals surface area contributed by atoms with Gasteiger partial charge in [0.05, 0.1) is 37.7 Å². The maximum atomic E-state index is 13.7. The summed E-state index contributed by atoms with van der Waals surface area (Å²) in [7, 11) is 3.13. The number of nitrogens with two attached hydrogens (primary N) is 1. The van der Waals surface area contributed by atoms with Crippen LogP contribution in [0.5, 0.6) is 11.5 Å². The second-order valence-electron chi connectivity index (χ2n) is 13.5. The fraction of sp³-hybridized carbons (Fsp3) is 0.514. The number of alkyl carbamates (subject to hydrolysis) is 1. The molecule has 2 heterocycles. The number of carbonyl (C=O) groups excluding carboxylic acids is 4. The van der Waals surface area contributed by atoms with Gasteiger partial charge in [-0.2, -0.15) is 0 Å². The smallest absolute Gasteiger partial charge is 0.408 e. The van der Waals surface area contributed by atoms with Crippen molar-refractivity contribution in [3.05, 3.63) is 40.5 Å². The van der Waals surface area contributed by atoms with Gasteiger partial charge in [-0.3, -0.25) is 14.5 Å². The zero-order valence-corrected chi connectivity index (χ0v) is 30.0. The van der Waals surface area contributed by atoms with Gasteiger partial charge in [-0.15, -0.1) is 0 Å². The molecule has 1 saturated heterocycles. The maximum absolute atomic E-state index is 13.7. The van der Waals surface area contributed by atoms with Gasteiger partial charge in [0.15, 0.2) is 0 Å². The minimum Gasteiger partial charge on any atom is -0.497 e. The largest absolute Gasteiger partial charge is 0.497 e. The Kier molecular flexibility index (Phi) is 11.3. The van der Waals surface area contributed by atoms with Gasteiger partial charge >= 0.3 is 12.1 Å². The summed E-state index contributed by atoms with van der Waals surface area (Å²) in [5.41, 5.74) is 5.96. The van der Waals surface area contributed by atoms with Crippen LogP contribution < -0.4 is 20.5 Å². The number of hydrogen-bond acceptors (Lipinski definition) is 11. The Bertz CT molecular complexity index is 1650. The summed E-state index contributed by atoms with van der Waals surface area (Å²) in [6.45, 7) is 5.00. The van der Waals surface area contributed by atoms with Crippen molar-refractivity contribution in [3.63, 3.8) is 0 Å². The van der Waals surface area contributed by atoms with Gasteiger partial charge < -0.3 is 34.4 Å². The minimum absolute atomic E-state index is 0.0255. The average molecular weight is 714 g/mol. The number of thiocarbonyl (C=S) groups is 1. The van der Waals surface area contributed by atoms with Crippen molar-refractivity contribution in [1.82, 2.24) is 10.2 Å². The topological polar surface area (TPSA) is 160 Å². The summed E-state index contributed by atoms with van der Waals surface area (Å²) in [5.74, 6) is 1.61. The fourth-order valence-corrected chi connectivity index (χ4v) is 8.03. The number of nitrogens with one attached hydrogen (secondary N) is 1. The van der Waals surface area contributed by atoms with Crippen molar-refractivity contribution >= 4 is 58.3 Å². The van der Waals surface area contributed by atoms with Gasteiger partial charge in [0.25, 0.3) is 5.91 Å². The molecule has 4 atom stereocenters. The molecule has 5 rings (SSSR count). The third kappa shape index (κ3) is 8.77. The Morgan fingerprint density at radius 3 is 2.57 bits per heavy atom. The van der Waals surface area contributed by atoms with Gasteiger partial charge in [-0.25, -0.2) is 9.59 Å². The molecule has 3 aliphatic rings. The number of rotatable bonds is 13. The SMILES string of the molecule is COc1ccc(-c2cc(CCCOC(=O)C(CC(N)=O)NC(=O)OC(C)(C)C)c(/C=C3\SC(=S)N([C@H]4C[C@H]5CC[C@H]4C5)C3=O)o2)c(OC)c1. The molecule has 3 N–H and O–H groups in total. The van der Waals surface area contributed by atoms with E-state index in [0.717, 1.165) is 24.8 Å². The lowest BCUT2D eigenvalue weighted by atomic mass is 9.94. The highest BCUT2D eigenvalue weighted by molar-refractivity contribution is 8.26. The monoisotopic (exact) mass is 713 g/mol. The van der Waals surface area contributed by atoms with Gasteiger partial charge in [0.1, 0.15) is 39.0 Å². The average Bonchev–Trinajstić information content (AvgIpc) is 3.82. The first-order valence-electron chi connectivity index (χ1n) is 16.3. The van der Waals surface area contributed by atoms with E-state index in [9.17, 15) is 19.2 Å². The van der Waals surface area contributed by atoms with E-state index in [1.54, 1.807) is 58.1 Å². The Morgan fingerprint density at radius 2 is 1.94 bits per heavy atom. The van der Waals surface area contributed by atoms with Crippen LogP contribution in [0.25, 0.3) is 17.4 Å². The first kappa shape index (κ1) is 36.2. The minimum atomic E-state index is -1.30.